The van der Waals surface area contributed by atoms with E-state index >= 15 is 0 Å². The fourth-order valence-corrected chi connectivity index (χ4v) is 3.36. The topological polar surface area (TPSA) is 0 Å². The summed E-state index contributed by atoms with van der Waals surface area (Å²) in [5, 5.41) is 2.71. The summed E-state index contributed by atoms with van der Waals surface area (Å²) >= 11 is 3.86. The highest BCUT2D eigenvalue weighted by molar-refractivity contribution is 9.09. The lowest BCUT2D eigenvalue weighted by molar-refractivity contribution is 0.766. The number of fused-ring (bicyclic) bond motifs is 1. The van der Waals surface area contributed by atoms with Crippen LogP contribution in [0.5, 0.6) is 0 Å². The van der Waals surface area contributed by atoms with Crippen molar-refractivity contribution in [1.29, 1.82) is 0 Å². The van der Waals surface area contributed by atoms with E-state index in [1.54, 1.807) is 0 Å². The van der Waals surface area contributed by atoms with E-state index in [4.69, 9.17) is 0 Å². The zero-order valence-corrected chi connectivity index (χ0v) is 13.6. The maximum absolute atomic E-state index is 3.86. The minimum absolute atomic E-state index is 0.517. The average molecular weight is 339 g/mol. The van der Waals surface area contributed by atoms with Gasteiger partial charge in [0, 0.05) is 4.83 Å². The first kappa shape index (κ1) is 14.3. The number of alkyl halides is 1. The molecule has 0 amide bonds. The number of hydrogen-bond acceptors (Lipinski definition) is 0. The zero-order chi connectivity index (χ0) is 14.5. The third-order valence-electron chi connectivity index (χ3n) is 3.91. The first-order valence-electron chi connectivity index (χ1n) is 7.47. The van der Waals surface area contributed by atoms with Crippen molar-refractivity contribution in [3.05, 3.63) is 83.9 Å². The summed E-state index contributed by atoms with van der Waals surface area (Å²) in [6, 6.07) is 26.0. The number of hydrogen-bond donors (Lipinski definition) is 0. The smallest absolute Gasteiger partial charge is 0.0189 e. The summed E-state index contributed by atoms with van der Waals surface area (Å²) in [6.45, 7) is 0. The number of halogens is 1. The molecule has 0 fully saturated rings. The van der Waals surface area contributed by atoms with Gasteiger partial charge in [0.25, 0.3) is 0 Å². The third kappa shape index (κ3) is 3.74. The molecule has 106 valence electrons. The van der Waals surface area contributed by atoms with E-state index in [1.165, 1.54) is 21.9 Å². The molecule has 21 heavy (non-hydrogen) atoms. The fraction of sp³-hybridized carbons (Fsp3) is 0.200. The molecule has 1 heteroatoms. The standard InChI is InChI=1S/C20H19Br/c21-19(14-13-16-7-2-1-3-8-16)15-18-11-6-10-17-9-4-5-12-20(17)18/h1-12,19H,13-15H2. The summed E-state index contributed by atoms with van der Waals surface area (Å²) in [4.78, 5) is 0.517. The Kier molecular flexibility index (Phi) is 4.72. The van der Waals surface area contributed by atoms with Gasteiger partial charge in [-0.25, -0.2) is 0 Å². The second-order valence-electron chi connectivity index (χ2n) is 5.46. The van der Waals surface area contributed by atoms with Crippen LogP contribution in [-0.2, 0) is 12.8 Å². The molecule has 0 bridgehead atoms. The molecule has 3 aromatic carbocycles. The minimum Gasteiger partial charge on any atom is -0.0887 e. The van der Waals surface area contributed by atoms with Gasteiger partial charge in [0.1, 0.15) is 0 Å². The second-order valence-corrected chi connectivity index (χ2v) is 6.76. The Labute approximate surface area is 134 Å². The van der Waals surface area contributed by atoms with Crippen molar-refractivity contribution in [1.82, 2.24) is 0 Å². The van der Waals surface area contributed by atoms with Crippen LogP contribution >= 0.6 is 15.9 Å². The monoisotopic (exact) mass is 338 g/mol. The Balaban J connectivity index is 1.67. The van der Waals surface area contributed by atoms with Gasteiger partial charge in [-0.3, -0.25) is 0 Å². The second kappa shape index (κ2) is 6.91. The Morgan fingerprint density at radius 1 is 0.762 bits per heavy atom. The molecule has 3 aromatic rings. The molecule has 3 rings (SSSR count). The van der Waals surface area contributed by atoms with Crippen LogP contribution in [0.1, 0.15) is 17.5 Å². The van der Waals surface area contributed by atoms with Gasteiger partial charge in [0.2, 0.25) is 0 Å². The van der Waals surface area contributed by atoms with E-state index in [-0.39, 0.29) is 0 Å². The quantitative estimate of drug-likeness (QED) is 0.517. The van der Waals surface area contributed by atoms with Crippen molar-refractivity contribution in [2.75, 3.05) is 0 Å². The number of benzene rings is 3. The SMILES string of the molecule is BrC(CCc1ccccc1)Cc1cccc2ccccc12. The van der Waals surface area contributed by atoms with Gasteiger partial charge in [0.15, 0.2) is 0 Å². The molecule has 0 radical (unpaired) electrons. The molecular formula is C20H19Br. The van der Waals surface area contributed by atoms with E-state index in [0.29, 0.717) is 4.83 Å². The van der Waals surface area contributed by atoms with Crippen LogP contribution in [-0.4, -0.2) is 4.83 Å². The summed E-state index contributed by atoms with van der Waals surface area (Å²) in [7, 11) is 0. The number of aryl methyl sites for hydroxylation is 1. The summed E-state index contributed by atoms with van der Waals surface area (Å²) in [6.07, 6.45) is 3.36. The maximum atomic E-state index is 3.86. The highest BCUT2D eigenvalue weighted by Crippen LogP contribution is 2.23. The molecule has 0 N–H and O–H groups in total. The van der Waals surface area contributed by atoms with Gasteiger partial charge in [-0.05, 0) is 41.2 Å². The molecule has 0 heterocycles. The lowest BCUT2D eigenvalue weighted by Crippen LogP contribution is -2.05. The van der Waals surface area contributed by atoms with Gasteiger partial charge in [-0.15, -0.1) is 0 Å². The molecule has 0 aliphatic carbocycles. The van der Waals surface area contributed by atoms with Crippen molar-refractivity contribution in [3.8, 4) is 0 Å². The van der Waals surface area contributed by atoms with E-state index in [1.807, 2.05) is 0 Å². The van der Waals surface area contributed by atoms with Crippen LogP contribution in [0.2, 0.25) is 0 Å². The Hall–Kier alpha value is -1.60. The highest BCUT2D eigenvalue weighted by atomic mass is 79.9. The largest absolute Gasteiger partial charge is 0.0887 e. The van der Waals surface area contributed by atoms with Gasteiger partial charge >= 0.3 is 0 Å². The van der Waals surface area contributed by atoms with Gasteiger partial charge in [0.05, 0.1) is 0 Å². The van der Waals surface area contributed by atoms with Crippen LogP contribution < -0.4 is 0 Å². The molecule has 1 atom stereocenters. The van der Waals surface area contributed by atoms with E-state index in [9.17, 15) is 0 Å². The molecule has 0 aliphatic heterocycles. The van der Waals surface area contributed by atoms with Crippen LogP contribution in [0.3, 0.4) is 0 Å². The summed E-state index contributed by atoms with van der Waals surface area (Å²) in [5.41, 5.74) is 2.85. The molecule has 0 aromatic heterocycles. The van der Waals surface area contributed by atoms with Crippen molar-refractivity contribution in [2.24, 2.45) is 0 Å². The van der Waals surface area contributed by atoms with Gasteiger partial charge < -0.3 is 0 Å². The van der Waals surface area contributed by atoms with Gasteiger partial charge in [-0.2, -0.15) is 0 Å². The molecule has 0 saturated carbocycles. The first-order chi connectivity index (χ1) is 10.3. The molecule has 0 spiro atoms. The predicted octanol–water partition coefficient (Wildman–Crippen LogP) is 5.78. The normalized spacial score (nSPS) is 12.4. The predicted molar refractivity (Wildman–Crippen MR) is 95.1 cm³/mol. The van der Waals surface area contributed by atoms with Crippen molar-refractivity contribution in [3.63, 3.8) is 0 Å². The lowest BCUT2D eigenvalue weighted by atomic mass is 9.99. The highest BCUT2D eigenvalue weighted by Gasteiger charge is 2.08. The molecule has 1 unspecified atom stereocenters. The van der Waals surface area contributed by atoms with Crippen LogP contribution in [0, 0.1) is 0 Å². The molecular weight excluding hydrogens is 320 g/mol. The Morgan fingerprint density at radius 2 is 1.48 bits per heavy atom. The summed E-state index contributed by atoms with van der Waals surface area (Å²) < 4.78 is 0. The molecule has 0 aliphatic rings. The van der Waals surface area contributed by atoms with Gasteiger partial charge in [-0.1, -0.05) is 88.7 Å². The average Bonchev–Trinajstić information content (AvgIpc) is 2.54. The van der Waals surface area contributed by atoms with Crippen LogP contribution in [0.15, 0.2) is 72.8 Å². The third-order valence-corrected chi connectivity index (χ3v) is 4.69. The zero-order valence-electron chi connectivity index (χ0n) is 12.0. The fourth-order valence-electron chi connectivity index (χ4n) is 2.78. The Morgan fingerprint density at radius 3 is 2.33 bits per heavy atom. The molecule has 0 saturated heterocycles. The van der Waals surface area contributed by atoms with E-state index in [2.05, 4.69) is 88.7 Å². The summed E-state index contributed by atoms with van der Waals surface area (Å²) in [5.74, 6) is 0. The Bertz CT molecular complexity index is 698. The lowest BCUT2D eigenvalue weighted by Gasteiger charge is -2.12. The number of rotatable bonds is 5. The van der Waals surface area contributed by atoms with Crippen LogP contribution in [0.4, 0.5) is 0 Å². The minimum atomic E-state index is 0.517. The van der Waals surface area contributed by atoms with Crippen molar-refractivity contribution in [2.45, 2.75) is 24.1 Å². The van der Waals surface area contributed by atoms with E-state index < -0.39 is 0 Å². The van der Waals surface area contributed by atoms with Crippen LogP contribution in [0.25, 0.3) is 10.8 Å². The van der Waals surface area contributed by atoms with Crippen molar-refractivity contribution < 1.29 is 0 Å². The first-order valence-corrected chi connectivity index (χ1v) is 8.39. The van der Waals surface area contributed by atoms with Crippen molar-refractivity contribution >= 4 is 26.7 Å². The molecule has 0 nitrogen and oxygen atoms in total. The van der Waals surface area contributed by atoms with E-state index in [0.717, 1.165) is 19.3 Å². The maximum Gasteiger partial charge on any atom is 0.0189 e.